The summed E-state index contributed by atoms with van der Waals surface area (Å²) < 4.78 is 8.17. The number of nitrogens with zero attached hydrogens (tertiary/aromatic N) is 5. The number of hydrogen-bond acceptors (Lipinski definition) is 6. The molecule has 196 valence electrons. The maximum Gasteiger partial charge on any atom is 0.350 e. The van der Waals surface area contributed by atoms with Crippen LogP contribution < -0.4 is 10.6 Å². The van der Waals surface area contributed by atoms with E-state index in [2.05, 4.69) is 14.9 Å². The Morgan fingerprint density at radius 3 is 2.13 bits per heavy atom. The predicted molar refractivity (Wildman–Crippen MR) is 148 cm³/mol. The summed E-state index contributed by atoms with van der Waals surface area (Å²) in [6.07, 6.45) is 1.57. The highest BCUT2D eigenvalue weighted by molar-refractivity contribution is 6.30. The van der Waals surface area contributed by atoms with E-state index in [0.717, 1.165) is 35.6 Å². The quantitative estimate of drug-likeness (QED) is 0.330. The van der Waals surface area contributed by atoms with Crippen molar-refractivity contribution in [2.45, 2.75) is 19.0 Å². The molecule has 0 saturated carbocycles. The van der Waals surface area contributed by atoms with Gasteiger partial charge in [-0.25, -0.2) is 18.8 Å². The molecular weight excluding hydrogens is 502 g/mol. The Balaban J connectivity index is 1.27. The van der Waals surface area contributed by atoms with Gasteiger partial charge >= 0.3 is 11.7 Å². The lowest BCUT2D eigenvalue weighted by atomic mass is 10.0. The molecule has 0 bridgehead atoms. The molecule has 1 aliphatic rings. The van der Waals surface area contributed by atoms with Crippen molar-refractivity contribution >= 4 is 23.3 Å². The molecule has 0 amide bonds. The van der Waals surface area contributed by atoms with Crippen LogP contribution in [0, 0.1) is 0 Å². The van der Waals surface area contributed by atoms with E-state index in [4.69, 9.17) is 16.3 Å². The van der Waals surface area contributed by atoms with E-state index in [9.17, 15) is 9.59 Å². The maximum absolute atomic E-state index is 13.1. The first-order valence-corrected chi connectivity index (χ1v) is 13.0. The van der Waals surface area contributed by atoms with Crippen LogP contribution in [-0.2, 0) is 9.53 Å². The molecule has 2 heterocycles. The molecular formula is C29H30ClN5O3. The van der Waals surface area contributed by atoms with Gasteiger partial charge < -0.3 is 9.64 Å². The lowest BCUT2D eigenvalue weighted by Gasteiger charge is -2.39. The molecule has 9 heteroatoms. The fourth-order valence-electron chi connectivity index (χ4n) is 4.95. The highest BCUT2D eigenvalue weighted by Gasteiger charge is 2.31. The Kier molecular flexibility index (Phi) is 7.62. The number of anilines is 1. The predicted octanol–water partition coefficient (Wildman–Crippen LogP) is 4.33. The molecule has 8 nitrogen and oxygen atoms in total. The summed E-state index contributed by atoms with van der Waals surface area (Å²) in [7, 11) is 1.42. The monoisotopic (exact) mass is 531 g/mol. The summed E-state index contributed by atoms with van der Waals surface area (Å²) in [5.74, 6) is -0.280. The first-order chi connectivity index (χ1) is 18.5. The number of methoxy groups -OCH3 is 1. The normalized spacial score (nSPS) is 15.7. The SMILES string of the molecule is COC(=O)C(c1ccc(Cl)cc1)N1CCN(c2ccc(-n3cnn(C(C)c4ccccc4)c3=O)cc2)CC1. The molecule has 0 spiro atoms. The third-order valence-corrected chi connectivity index (χ3v) is 7.38. The van der Waals surface area contributed by atoms with Crippen molar-refractivity contribution in [3.63, 3.8) is 0 Å². The van der Waals surface area contributed by atoms with Crippen LogP contribution in [0.4, 0.5) is 5.69 Å². The first-order valence-electron chi connectivity index (χ1n) is 12.6. The van der Waals surface area contributed by atoms with E-state index >= 15 is 0 Å². The van der Waals surface area contributed by atoms with Crippen LogP contribution in [0.1, 0.15) is 30.1 Å². The minimum absolute atomic E-state index is 0.165. The van der Waals surface area contributed by atoms with Crippen molar-refractivity contribution in [2.24, 2.45) is 0 Å². The zero-order valence-electron chi connectivity index (χ0n) is 21.4. The first kappa shape index (κ1) is 25.8. The Hall–Kier alpha value is -3.88. The van der Waals surface area contributed by atoms with E-state index in [1.165, 1.54) is 11.8 Å². The van der Waals surface area contributed by atoms with Crippen LogP contribution in [-0.4, -0.2) is 58.5 Å². The van der Waals surface area contributed by atoms with Crippen LogP contribution >= 0.6 is 11.6 Å². The third kappa shape index (κ3) is 5.23. The van der Waals surface area contributed by atoms with Gasteiger partial charge in [0, 0.05) is 36.9 Å². The van der Waals surface area contributed by atoms with E-state index in [-0.39, 0.29) is 17.7 Å². The number of piperazine rings is 1. The third-order valence-electron chi connectivity index (χ3n) is 7.13. The average Bonchev–Trinajstić information content (AvgIpc) is 3.35. The lowest BCUT2D eigenvalue weighted by Crippen LogP contribution is -2.49. The molecule has 5 rings (SSSR count). The molecule has 0 aliphatic carbocycles. The van der Waals surface area contributed by atoms with Crippen molar-refractivity contribution in [1.82, 2.24) is 19.2 Å². The van der Waals surface area contributed by atoms with Crippen molar-refractivity contribution in [2.75, 3.05) is 38.2 Å². The highest BCUT2D eigenvalue weighted by atomic mass is 35.5. The summed E-state index contributed by atoms with van der Waals surface area (Å²) in [5.41, 5.74) is 3.54. The van der Waals surface area contributed by atoms with Gasteiger partial charge in [0.15, 0.2) is 0 Å². The van der Waals surface area contributed by atoms with E-state index in [1.807, 2.05) is 73.7 Å². The largest absolute Gasteiger partial charge is 0.468 e. The van der Waals surface area contributed by atoms with Crippen molar-refractivity contribution in [1.29, 1.82) is 0 Å². The van der Waals surface area contributed by atoms with Crippen molar-refractivity contribution < 1.29 is 9.53 Å². The Morgan fingerprint density at radius 2 is 1.50 bits per heavy atom. The van der Waals surface area contributed by atoms with Gasteiger partial charge in [0.05, 0.1) is 18.8 Å². The number of esters is 1. The number of hydrogen-bond donors (Lipinski definition) is 0. The van der Waals surface area contributed by atoms with Crippen molar-refractivity contribution in [3.8, 4) is 5.69 Å². The standard InChI is InChI=1S/C29H30ClN5O3/c1-21(22-6-4-3-5-7-22)35-29(37)34(20-31-35)26-14-12-25(13-15-26)32-16-18-33(19-17-32)27(28(36)38-2)23-8-10-24(30)11-9-23/h3-15,20-21,27H,16-19H2,1-2H3. The molecule has 1 aromatic heterocycles. The number of carbonyl (C=O) groups excluding carboxylic acids is 1. The van der Waals surface area contributed by atoms with Gasteiger partial charge in [-0.15, -0.1) is 0 Å². The van der Waals surface area contributed by atoms with Gasteiger partial charge in [-0.2, -0.15) is 5.10 Å². The van der Waals surface area contributed by atoms with Crippen molar-refractivity contribution in [3.05, 3.63) is 112 Å². The van der Waals surface area contributed by atoms with Crippen LogP contribution in [0.2, 0.25) is 5.02 Å². The molecule has 0 radical (unpaired) electrons. The fraction of sp³-hybridized carbons (Fsp3) is 0.276. The molecule has 1 fully saturated rings. The molecule has 1 saturated heterocycles. The van der Waals surface area contributed by atoms with Gasteiger partial charge in [0.1, 0.15) is 12.4 Å². The highest BCUT2D eigenvalue weighted by Crippen LogP contribution is 2.27. The second-order valence-electron chi connectivity index (χ2n) is 9.33. The Morgan fingerprint density at radius 1 is 0.868 bits per heavy atom. The zero-order chi connectivity index (χ0) is 26.6. The Labute approximate surface area is 226 Å². The molecule has 38 heavy (non-hydrogen) atoms. The average molecular weight is 532 g/mol. The van der Waals surface area contributed by atoms with Crippen LogP contribution in [0.3, 0.4) is 0 Å². The summed E-state index contributed by atoms with van der Waals surface area (Å²) in [6, 6.07) is 24.5. The second-order valence-corrected chi connectivity index (χ2v) is 9.77. The number of ether oxygens (including phenoxy) is 1. The summed E-state index contributed by atoms with van der Waals surface area (Å²) >= 11 is 6.04. The number of halogens is 1. The summed E-state index contributed by atoms with van der Waals surface area (Å²) in [4.78, 5) is 30.1. The van der Waals surface area contributed by atoms with E-state index in [0.29, 0.717) is 18.1 Å². The van der Waals surface area contributed by atoms with Gasteiger partial charge in [-0.1, -0.05) is 54.1 Å². The summed E-state index contributed by atoms with van der Waals surface area (Å²) in [5, 5.41) is 4.99. The zero-order valence-corrected chi connectivity index (χ0v) is 22.2. The molecule has 1 aliphatic heterocycles. The maximum atomic E-state index is 13.1. The molecule has 0 N–H and O–H groups in total. The minimum Gasteiger partial charge on any atom is -0.468 e. The van der Waals surface area contributed by atoms with Gasteiger partial charge in [0.2, 0.25) is 0 Å². The molecule has 2 atom stereocenters. The minimum atomic E-state index is -0.469. The van der Waals surface area contributed by atoms with Gasteiger partial charge in [0.25, 0.3) is 0 Å². The smallest absolute Gasteiger partial charge is 0.350 e. The van der Waals surface area contributed by atoms with Gasteiger partial charge in [-0.05, 0) is 54.4 Å². The van der Waals surface area contributed by atoms with E-state index < -0.39 is 6.04 Å². The lowest BCUT2D eigenvalue weighted by molar-refractivity contribution is -0.147. The molecule has 4 aromatic rings. The van der Waals surface area contributed by atoms with Crippen LogP contribution in [0.15, 0.2) is 90.0 Å². The number of aromatic nitrogens is 3. The Bertz CT molecular complexity index is 1430. The fourth-order valence-corrected chi connectivity index (χ4v) is 5.07. The summed E-state index contributed by atoms with van der Waals surface area (Å²) in [6.45, 7) is 4.88. The number of rotatable bonds is 7. The van der Waals surface area contributed by atoms with Gasteiger partial charge in [-0.3, -0.25) is 4.90 Å². The molecule has 3 aromatic carbocycles. The topological polar surface area (TPSA) is 72.6 Å². The number of carbonyl (C=O) groups is 1. The van der Waals surface area contributed by atoms with Crippen LogP contribution in [0.5, 0.6) is 0 Å². The van der Waals surface area contributed by atoms with E-state index in [1.54, 1.807) is 23.0 Å². The number of benzene rings is 3. The molecule has 2 unspecified atom stereocenters. The second kappa shape index (κ2) is 11.2. The van der Waals surface area contributed by atoms with Crippen LogP contribution in [0.25, 0.3) is 5.69 Å².